The Balaban J connectivity index is -0.000000727. The molecule has 0 aromatic rings. The van der Waals surface area contributed by atoms with Crippen molar-refractivity contribution in [3.8, 4) is 0 Å². The molecule has 0 radical (unpaired) electrons. The summed E-state index contributed by atoms with van der Waals surface area (Å²) in [6.45, 7) is 20.4. The predicted molar refractivity (Wildman–Crippen MR) is 200 cm³/mol. The van der Waals surface area contributed by atoms with Gasteiger partial charge in [0.2, 0.25) is 0 Å². The summed E-state index contributed by atoms with van der Waals surface area (Å²) in [5.41, 5.74) is -4.95. The molecule has 0 aliphatic carbocycles. The quantitative estimate of drug-likeness (QED) is 0.0443. The molecule has 0 aromatic carbocycles. The predicted octanol–water partition coefficient (Wildman–Crippen LogP) is 12.4. The van der Waals surface area contributed by atoms with E-state index in [0.29, 0.717) is 50.1 Å². The third-order valence-electron chi connectivity index (χ3n) is 8.05. The first-order chi connectivity index (χ1) is 20.0. The summed E-state index contributed by atoms with van der Waals surface area (Å²) in [4.78, 5) is 0. The average molecular weight is 763 g/mol. The number of rotatable bonds is 28. The Morgan fingerprint density at radius 1 is 0.442 bits per heavy atom. The topological polar surface area (TPSA) is 36.9 Å². The van der Waals surface area contributed by atoms with Gasteiger partial charge in [-0.25, -0.2) is 0 Å². The molecule has 0 spiro atoms. The first-order valence-corrected chi connectivity index (χ1v) is 24.5. The van der Waals surface area contributed by atoms with Gasteiger partial charge in [-0.3, -0.25) is 0 Å². The molecule has 262 valence electrons. The van der Waals surface area contributed by atoms with E-state index in [1.165, 1.54) is 77.0 Å². The number of hydrogen-bond acceptors (Lipinski definition) is 8. The third-order valence-corrected chi connectivity index (χ3v) is 12.4. The summed E-state index contributed by atoms with van der Waals surface area (Å²) in [6.07, 6.45) is 19.2. The maximum absolute atomic E-state index is 5.80. The van der Waals surface area contributed by atoms with Crippen molar-refractivity contribution in [2.24, 2.45) is 23.7 Å². The molecule has 0 N–H and O–H groups in total. The molecule has 0 fully saturated rings. The van der Waals surface area contributed by atoms with Gasteiger partial charge in [-0.05, 0) is 49.4 Å². The van der Waals surface area contributed by atoms with E-state index < -0.39 is 11.4 Å². The fourth-order valence-electron chi connectivity index (χ4n) is 4.45. The van der Waals surface area contributed by atoms with Crippen LogP contribution in [0.15, 0.2) is 0 Å². The molecule has 4 unspecified atom stereocenters. The van der Waals surface area contributed by atoms with Crippen molar-refractivity contribution < 1.29 is 35.2 Å². The minimum atomic E-state index is -2.47. The van der Waals surface area contributed by atoms with Crippen LogP contribution >= 0.6 is 11.4 Å². The maximum Gasteiger partial charge on any atom is 2.00 e. The Labute approximate surface area is 301 Å². The molecule has 11 heteroatoms. The van der Waals surface area contributed by atoms with E-state index in [-0.39, 0.29) is 17.1 Å². The van der Waals surface area contributed by atoms with E-state index in [2.05, 4.69) is 55.4 Å². The van der Waals surface area contributed by atoms with E-state index in [0.717, 1.165) is 25.7 Å². The molecule has 0 aliphatic rings. The molecular formula is C32H68FeO4P2S4. The van der Waals surface area contributed by atoms with Crippen molar-refractivity contribution in [1.82, 2.24) is 0 Å². The van der Waals surface area contributed by atoms with Crippen molar-refractivity contribution in [2.45, 2.75) is 158 Å². The van der Waals surface area contributed by atoms with Gasteiger partial charge in [-0.2, -0.15) is 0 Å². The molecule has 0 saturated heterocycles. The SMILES string of the molecule is CCCCC(CC)COP(=S)([S-])OCC(CC)CCCC.CCCCC(CC)COP(=S)([S-])OCC(CC)CCCC.[Fe+2]. The largest absolute Gasteiger partial charge is 2.00 e. The van der Waals surface area contributed by atoms with Crippen LogP contribution in [0.5, 0.6) is 0 Å². The fraction of sp³-hybridized carbons (Fsp3) is 1.00. The van der Waals surface area contributed by atoms with Crippen molar-refractivity contribution in [2.75, 3.05) is 26.4 Å². The molecule has 4 atom stereocenters. The van der Waals surface area contributed by atoms with E-state index in [9.17, 15) is 0 Å². The van der Waals surface area contributed by atoms with Crippen LogP contribution in [-0.2, 0) is 83.3 Å². The van der Waals surface area contributed by atoms with E-state index in [4.69, 9.17) is 66.2 Å². The van der Waals surface area contributed by atoms with Gasteiger partial charge in [0, 0.05) is 0 Å². The fourth-order valence-corrected chi connectivity index (χ4v) is 7.64. The zero-order valence-corrected chi connectivity index (χ0v) is 35.1. The van der Waals surface area contributed by atoms with Gasteiger partial charge in [0.15, 0.2) is 0 Å². The molecule has 0 amide bonds. The number of hydrogen-bond donors (Lipinski definition) is 0. The van der Waals surface area contributed by atoms with Crippen molar-refractivity contribution in [3.63, 3.8) is 0 Å². The van der Waals surface area contributed by atoms with Crippen LogP contribution < -0.4 is 0 Å². The number of unbranched alkanes of at least 4 members (excludes halogenated alkanes) is 4. The molecule has 0 bridgehead atoms. The zero-order valence-electron chi connectivity index (χ0n) is 29.0. The smallest absolute Gasteiger partial charge is 0.691 e. The second-order valence-electron chi connectivity index (χ2n) is 11.7. The van der Waals surface area contributed by atoms with Crippen molar-refractivity contribution in [3.05, 3.63) is 0 Å². The molecule has 0 rings (SSSR count). The second kappa shape index (κ2) is 32.9. The zero-order chi connectivity index (χ0) is 32.3. The summed E-state index contributed by atoms with van der Waals surface area (Å²) < 4.78 is 23.2. The van der Waals surface area contributed by atoms with Crippen molar-refractivity contribution in [1.29, 1.82) is 0 Å². The molecule has 0 heterocycles. The van der Waals surface area contributed by atoms with Crippen LogP contribution in [0, 0.1) is 23.7 Å². The molecule has 4 nitrogen and oxygen atoms in total. The van der Waals surface area contributed by atoms with Gasteiger partial charge < -0.3 is 42.6 Å². The van der Waals surface area contributed by atoms with Gasteiger partial charge in [0.05, 0.1) is 37.8 Å². The third kappa shape index (κ3) is 31.4. The Morgan fingerprint density at radius 2 is 0.628 bits per heavy atom. The Kier molecular flexibility index (Phi) is 38.0. The minimum Gasteiger partial charge on any atom is -0.691 e. The first-order valence-electron chi connectivity index (χ1n) is 17.2. The van der Waals surface area contributed by atoms with E-state index in [1.807, 2.05) is 0 Å². The molecular weight excluding hydrogens is 694 g/mol. The molecule has 0 aliphatic heterocycles. The van der Waals surface area contributed by atoms with E-state index >= 15 is 0 Å². The van der Waals surface area contributed by atoms with Gasteiger partial charge in [-0.15, -0.1) is 0 Å². The Hall–Kier alpha value is 2.36. The van der Waals surface area contributed by atoms with Crippen molar-refractivity contribution >= 4 is 59.5 Å². The minimum absolute atomic E-state index is 0. The van der Waals surface area contributed by atoms with Crippen LogP contribution in [0.1, 0.15) is 158 Å². The van der Waals surface area contributed by atoms with Crippen LogP contribution in [0.4, 0.5) is 0 Å². The van der Waals surface area contributed by atoms with Crippen LogP contribution in [-0.4, -0.2) is 26.4 Å². The Morgan fingerprint density at radius 3 is 0.767 bits per heavy atom. The van der Waals surface area contributed by atoms with Gasteiger partial charge in [0.1, 0.15) is 0 Å². The summed E-state index contributed by atoms with van der Waals surface area (Å²) in [6, 6.07) is 0. The first kappa shape index (κ1) is 49.7. The van der Waals surface area contributed by atoms with Gasteiger partial charge in [-0.1, -0.05) is 156 Å². The monoisotopic (exact) mass is 762 g/mol. The molecule has 43 heavy (non-hydrogen) atoms. The van der Waals surface area contributed by atoms with Gasteiger partial charge in [0.25, 0.3) is 0 Å². The maximum atomic E-state index is 5.80. The standard InChI is InChI=1S/2C16H35O2PS2.Fe/c2*1-5-9-11-15(7-3)13-17-19(20,21)18-14-16(8-4)12-10-6-2;/h2*15-16H,5-14H2,1-4H3,(H,20,21);/q;;+2/p-2. The summed E-state index contributed by atoms with van der Waals surface area (Å²) >= 11 is 21.5. The normalized spacial score (nSPS) is 17.0. The molecule has 0 saturated carbocycles. The second-order valence-corrected chi connectivity index (χ2v) is 21.7. The Bertz CT molecular complexity index is 590. The summed E-state index contributed by atoms with van der Waals surface area (Å²) in [7, 11) is 0. The van der Waals surface area contributed by atoms with Crippen LogP contribution in [0.25, 0.3) is 0 Å². The van der Waals surface area contributed by atoms with E-state index in [1.54, 1.807) is 0 Å². The average Bonchev–Trinajstić information content (AvgIpc) is 2.98. The van der Waals surface area contributed by atoms with Gasteiger partial charge >= 0.3 is 17.1 Å². The summed E-state index contributed by atoms with van der Waals surface area (Å²) in [5.74, 6) is 2.28. The summed E-state index contributed by atoms with van der Waals surface area (Å²) in [5, 5.41) is 0. The van der Waals surface area contributed by atoms with Crippen LogP contribution in [0.2, 0.25) is 0 Å². The van der Waals surface area contributed by atoms with Crippen LogP contribution in [0.3, 0.4) is 0 Å². The molecule has 0 aromatic heterocycles.